The number of aliphatic hydroxyl groups excluding tert-OH is 1. The van der Waals surface area contributed by atoms with Gasteiger partial charge in [-0.15, -0.1) is 0 Å². The molecular formula is C10H11ClFNO3S. The molecule has 7 heteroatoms. The Bertz CT molecular complexity index is 514. The first-order valence-electron chi connectivity index (χ1n) is 4.98. The number of rotatable bonds is 2. The van der Waals surface area contributed by atoms with Gasteiger partial charge in [0.25, 0.3) is 0 Å². The van der Waals surface area contributed by atoms with Crippen molar-refractivity contribution < 1.29 is 17.9 Å². The third kappa shape index (κ3) is 2.70. The van der Waals surface area contributed by atoms with Crippen LogP contribution >= 0.6 is 11.6 Å². The maximum atomic E-state index is 13.4. The number of para-hydroxylation sites is 1. The van der Waals surface area contributed by atoms with Gasteiger partial charge < -0.3 is 10.4 Å². The van der Waals surface area contributed by atoms with Crippen molar-refractivity contribution in [2.45, 2.75) is 12.1 Å². The molecule has 17 heavy (non-hydrogen) atoms. The van der Waals surface area contributed by atoms with Gasteiger partial charge in [0.15, 0.2) is 9.84 Å². The van der Waals surface area contributed by atoms with Crippen molar-refractivity contribution in [3.05, 3.63) is 29.0 Å². The van der Waals surface area contributed by atoms with Gasteiger partial charge in [0.1, 0.15) is 5.82 Å². The fourth-order valence-corrected chi connectivity index (χ4v) is 3.75. The smallest absolute Gasteiger partial charge is 0.155 e. The third-order valence-electron chi connectivity index (χ3n) is 2.62. The summed E-state index contributed by atoms with van der Waals surface area (Å²) >= 11 is 5.79. The fraction of sp³-hybridized carbons (Fsp3) is 0.400. The second-order valence-corrected chi connectivity index (χ2v) is 6.55. The van der Waals surface area contributed by atoms with Gasteiger partial charge in [-0.1, -0.05) is 17.7 Å². The molecule has 1 fully saturated rings. The minimum atomic E-state index is -3.27. The highest BCUT2D eigenvalue weighted by atomic mass is 35.5. The van der Waals surface area contributed by atoms with Crippen LogP contribution in [0.3, 0.4) is 0 Å². The Morgan fingerprint density at radius 2 is 2.12 bits per heavy atom. The largest absolute Gasteiger partial charge is 0.390 e. The van der Waals surface area contributed by atoms with Crippen molar-refractivity contribution in [1.82, 2.24) is 0 Å². The topological polar surface area (TPSA) is 66.4 Å². The maximum Gasteiger partial charge on any atom is 0.155 e. The highest BCUT2D eigenvalue weighted by molar-refractivity contribution is 7.91. The van der Waals surface area contributed by atoms with Crippen LogP contribution < -0.4 is 5.32 Å². The van der Waals surface area contributed by atoms with Crippen molar-refractivity contribution in [2.75, 3.05) is 16.8 Å². The van der Waals surface area contributed by atoms with Crippen LogP contribution in [0.5, 0.6) is 0 Å². The highest BCUT2D eigenvalue weighted by Crippen LogP contribution is 2.27. The van der Waals surface area contributed by atoms with Gasteiger partial charge in [-0.25, -0.2) is 12.8 Å². The number of hydrogen-bond acceptors (Lipinski definition) is 4. The van der Waals surface area contributed by atoms with Crippen LogP contribution in [0.15, 0.2) is 18.2 Å². The van der Waals surface area contributed by atoms with Crippen LogP contribution in [0, 0.1) is 5.82 Å². The molecule has 0 spiro atoms. The van der Waals surface area contributed by atoms with Gasteiger partial charge in [0.2, 0.25) is 0 Å². The molecule has 0 saturated carbocycles. The summed E-state index contributed by atoms with van der Waals surface area (Å²) in [6.07, 6.45) is -1.05. The van der Waals surface area contributed by atoms with E-state index in [0.717, 1.165) is 0 Å². The number of sulfone groups is 1. The number of nitrogens with one attached hydrogen (secondary N) is 1. The first-order valence-corrected chi connectivity index (χ1v) is 7.18. The first kappa shape index (κ1) is 12.6. The van der Waals surface area contributed by atoms with Crippen LogP contribution in [0.4, 0.5) is 10.1 Å². The predicted octanol–water partition coefficient (Wildman–Crippen LogP) is 1.05. The Kier molecular flexibility index (Phi) is 3.29. The van der Waals surface area contributed by atoms with Crippen LogP contribution in [0.2, 0.25) is 5.02 Å². The Labute approximate surface area is 103 Å². The summed E-state index contributed by atoms with van der Waals surface area (Å²) in [5.74, 6) is -1.11. The van der Waals surface area contributed by atoms with Crippen molar-refractivity contribution >= 4 is 27.1 Å². The molecule has 1 aliphatic rings. The molecule has 0 radical (unpaired) electrons. The Balaban J connectivity index is 2.22. The summed E-state index contributed by atoms with van der Waals surface area (Å²) < 4.78 is 36.0. The molecule has 4 nitrogen and oxygen atoms in total. The monoisotopic (exact) mass is 279 g/mol. The van der Waals surface area contributed by atoms with Gasteiger partial charge in [-0.3, -0.25) is 0 Å². The quantitative estimate of drug-likeness (QED) is 0.849. The number of hydrogen-bond donors (Lipinski definition) is 2. The summed E-state index contributed by atoms with van der Waals surface area (Å²) in [4.78, 5) is 0. The second-order valence-electron chi connectivity index (χ2n) is 3.99. The van der Waals surface area contributed by atoms with Gasteiger partial charge in [-0.2, -0.15) is 0 Å². The molecule has 0 amide bonds. The van der Waals surface area contributed by atoms with E-state index < -0.39 is 27.8 Å². The zero-order chi connectivity index (χ0) is 12.6. The molecule has 2 rings (SSSR count). The van der Waals surface area contributed by atoms with Gasteiger partial charge >= 0.3 is 0 Å². The van der Waals surface area contributed by atoms with Crippen LogP contribution in [0.1, 0.15) is 0 Å². The normalized spacial score (nSPS) is 27.0. The summed E-state index contributed by atoms with van der Waals surface area (Å²) in [6, 6.07) is 3.42. The standard InChI is InChI=1S/C10H11ClFNO3S/c11-6-2-1-3-7(12)10(6)13-8-4-17(15,16)5-9(8)14/h1-3,8-9,13-14H,4-5H2. The lowest BCUT2D eigenvalue weighted by Crippen LogP contribution is -2.32. The average molecular weight is 280 g/mol. The Morgan fingerprint density at radius 1 is 1.41 bits per heavy atom. The molecule has 0 aliphatic carbocycles. The number of aliphatic hydroxyl groups is 1. The minimum Gasteiger partial charge on any atom is -0.390 e. The molecular weight excluding hydrogens is 269 g/mol. The molecule has 94 valence electrons. The van der Waals surface area contributed by atoms with Crippen molar-refractivity contribution in [1.29, 1.82) is 0 Å². The fourth-order valence-electron chi connectivity index (χ4n) is 1.79. The van der Waals surface area contributed by atoms with Crippen molar-refractivity contribution in [2.24, 2.45) is 0 Å². The molecule has 1 aromatic carbocycles. The number of halogens is 2. The highest BCUT2D eigenvalue weighted by Gasteiger charge is 2.36. The summed E-state index contributed by atoms with van der Waals surface area (Å²) in [5.41, 5.74) is 0.0234. The van der Waals surface area contributed by atoms with Crippen LogP contribution in [0.25, 0.3) is 0 Å². The Morgan fingerprint density at radius 3 is 2.65 bits per heavy atom. The van der Waals surface area contributed by atoms with E-state index in [1.54, 1.807) is 0 Å². The lowest BCUT2D eigenvalue weighted by Gasteiger charge is -2.17. The average Bonchev–Trinajstić information content (AvgIpc) is 2.46. The van der Waals surface area contributed by atoms with Crippen molar-refractivity contribution in [3.8, 4) is 0 Å². The summed E-state index contributed by atoms with van der Waals surface area (Å²) in [7, 11) is -3.27. The molecule has 1 aromatic rings. The van der Waals surface area contributed by atoms with E-state index in [4.69, 9.17) is 11.6 Å². The molecule has 2 atom stereocenters. The summed E-state index contributed by atoms with van der Waals surface area (Å²) in [5, 5.41) is 12.4. The summed E-state index contributed by atoms with van der Waals surface area (Å²) in [6.45, 7) is 0. The van der Waals surface area contributed by atoms with E-state index in [-0.39, 0.29) is 22.2 Å². The van der Waals surface area contributed by atoms with E-state index in [1.807, 2.05) is 0 Å². The maximum absolute atomic E-state index is 13.4. The molecule has 1 saturated heterocycles. The van der Waals surface area contributed by atoms with E-state index in [1.165, 1.54) is 18.2 Å². The van der Waals surface area contributed by atoms with Gasteiger partial charge in [0, 0.05) is 0 Å². The lowest BCUT2D eigenvalue weighted by molar-refractivity contribution is 0.190. The minimum absolute atomic E-state index is 0.0234. The van der Waals surface area contributed by atoms with E-state index in [9.17, 15) is 17.9 Å². The van der Waals surface area contributed by atoms with E-state index in [0.29, 0.717) is 0 Å². The number of anilines is 1. The predicted molar refractivity (Wildman–Crippen MR) is 63.5 cm³/mol. The van der Waals surface area contributed by atoms with Gasteiger partial charge in [0.05, 0.1) is 34.4 Å². The molecule has 1 heterocycles. The first-order chi connectivity index (χ1) is 7.89. The lowest BCUT2D eigenvalue weighted by atomic mass is 10.2. The molecule has 2 N–H and O–H groups in total. The SMILES string of the molecule is O=S1(=O)CC(O)C(Nc2c(F)cccc2Cl)C1. The number of benzene rings is 1. The van der Waals surface area contributed by atoms with E-state index in [2.05, 4.69) is 5.32 Å². The van der Waals surface area contributed by atoms with Crippen LogP contribution in [-0.2, 0) is 9.84 Å². The van der Waals surface area contributed by atoms with Crippen molar-refractivity contribution in [3.63, 3.8) is 0 Å². The zero-order valence-corrected chi connectivity index (χ0v) is 10.3. The Hall–Kier alpha value is -0.850. The third-order valence-corrected chi connectivity index (χ3v) is 4.65. The molecule has 1 aliphatic heterocycles. The molecule has 2 unspecified atom stereocenters. The second kappa shape index (κ2) is 4.44. The van der Waals surface area contributed by atoms with Gasteiger partial charge in [-0.05, 0) is 12.1 Å². The van der Waals surface area contributed by atoms with E-state index >= 15 is 0 Å². The van der Waals surface area contributed by atoms with Crippen LogP contribution in [-0.4, -0.2) is 37.2 Å². The zero-order valence-electron chi connectivity index (χ0n) is 8.73. The molecule has 0 aromatic heterocycles. The molecule has 0 bridgehead atoms.